The molecule has 0 unspecified atom stereocenters. The van der Waals surface area contributed by atoms with E-state index in [4.69, 9.17) is 34.8 Å². The van der Waals surface area contributed by atoms with Gasteiger partial charge in [-0.15, -0.1) is 0 Å². The van der Waals surface area contributed by atoms with Crippen LogP contribution in [0.15, 0.2) is 60.7 Å². The number of amides is 1. The molecule has 0 radical (unpaired) electrons. The number of carbonyl (C=O) groups is 1. The Balaban J connectivity index is 1.97. The van der Waals surface area contributed by atoms with Crippen LogP contribution in [0.4, 0.5) is 5.69 Å². The fourth-order valence-electron chi connectivity index (χ4n) is 1.67. The molecule has 2 aromatic carbocycles. The zero-order valence-electron chi connectivity index (χ0n) is 11.4. The zero-order chi connectivity index (χ0) is 15.9. The van der Waals surface area contributed by atoms with Gasteiger partial charge in [0.25, 0.3) is 0 Å². The lowest BCUT2D eigenvalue weighted by molar-refractivity contribution is -0.111. The molecule has 0 heterocycles. The molecule has 2 rings (SSSR count). The van der Waals surface area contributed by atoms with Gasteiger partial charge in [0.2, 0.25) is 5.91 Å². The van der Waals surface area contributed by atoms with Crippen molar-refractivity contribution in [2.45, 2.75) is 0 Å². The smallest absolute Gasteiger partial charge is 0.248 e. The standard InChI is InChI=1S/C17H12Cl3NO/c18-13-10-15(20)16(11-14(13)19)21-17(22)9-5-4-8-12-6-2-1-3-7-12/h1-11H,(H,21,22). The van der Waals surface area contributed by atoms with Crippen LogP contribution >= 0.6 is 34.8 Å². The van der Waals surface area contributed by atoms with E-state index in [1.54, 1.807) is 12.2 Å². The molecular formula is C17H12Cl3NO. The van der Waals surface area contributed by atoms with Crippen molar-refractivity contribution in [1.82, 2.24) is 0 Å². The van der Waals surface area contributed by atoms with Crippen LogP contribution in [0.5, 0.6) is 0 Å². The zero-order valence-corrected chi connectivity index (χ0v) is 13.7. The summed E-state index contributed by atoms with van der Waals surface area (Å²) in [5, 5.41) is 3.64. The summed E-state index contributed by atoms with van der Waals surface area (Å²) in [6.45, 7) is 0. The van der Waals surface area contributed by atoms with Crippen molar-refractivity contribution in [2.24, 2.45) is 0 Å². The molecule has 0 spiro atoms. The van der Waals surface area contributed by atoms with Crippen molar-refractivity contribution in [3.63, 3.8) is 0 Å². The average Bonchev–Trinajstić information content (AvgIpc) is 2.50. The number of benzene rings is 2. The molecule has 0 aromatic heterocycles. The first-order valence-electron chi connectivity index (χ1n) is 6.41. The van der Waals surface area contributed by atoms with E-state index in [9.17, 15) is 4.79 Å². The van der Waals surface area contributed by atoms with Crippen molar-refractivity contribution < 1.29 is 4.79 Å². The minimum absolute atomic E-state index is 0.307. The molecular weight excluding hydrogens is 341 g/mol. The fourth-order valence-corrected chi connectivity index (χ4v) is 2.26. The predicted molar refractivity (Wildman–Crippen MR) is 94.7 cm³/mol. The minimum Gasteiger partial charge on any atom is -0.321 e. The number of rotatable bonds is 4. The van der Waals surface area contributed by atoms with Gasteiger partial charge >= 0.3 is 0 Å². The van der Waals surface area contributed by atoms with Gasteiger partial charge in [-0.3, -0.25) is 4.79 Å². The number of anilines is 1. The Labute approximate surface area is 144 Å². The normalized spacial score (nSPS) is 11.2. The molecule has 0 fully saturated rings. The molecule has 22 heavy (non-hydrogen) atoms. The largest absolute Gasteiger partial charge is 0.321 e. The number of halogens is 3. The molecule has 0 atom stereocenters. The van der Waals surface area contributed by atoms with Crippen LogP contribution in [0.2, 0.25) is 15.1 Å². The van der Waals surface area contributed by atoms with Crippen molar-refractivity contribution in [3.05, 3.63) is 81.3 Å². The first kappa shape index (κ1) is 16.6. The maximum Gasteiger partial charge on any atom is 0.248 e. The second-order valence-electron chi connectivity index (χ2n) is 4.36. The number of hydrogen-bond acceptors (Lipinski definition) is 1. The molecule has 0 aliphatic rings. The van der Waals surface area contributed by atoms with Crippen LogP contribution in [-0.2, 0) is 4.79 Å². The lowest BCUT2D eigenvalue weighted by Gasteiger charge is -2.06. The second kappa shape index (κ2) is 8.04. The van der Waals surface area contributed by atoms with Crippen LogP contribution in [-0.4, -0.2) is 5.91 Å². The van der Waals surface area contributed by atoms with E-state index in [0.717, 1.165) is 5.56 Å². The molecule has 112 valence electrons. The van der Waals surface area contributed by atoms with Gasteiger partial charge in [0.1, 0.15) is 0 Å². The molecule has 2 nitrogen and oxygen atoms in total. The van der Waals surface area contributed by atoms with E-state index in [-0.39, 0.29) is 5.91 Å². The Kier molecular flexibility index (Phi) is 6.08. The molecule has 1 amide bonds. The van der Waals surface area contributed by atoms with Crippen molar-refractivity contribution >= 4 is 52.5 Å². The van der Waals surface area contributed by atoms with Crippen LogP contribution in [0.1, 0.15) is 5.56 Å². The van der Waals surface area contributed by atoms with Crippen molar-refractivity contribution in [1.29, 1.82) is 0 Å². The van der Waals surface area contributed by atoms with Gasteiger partial charge in [-0.1, -0.05) is 83.4 Å². The second-order valence-corrected chi connectivity index (χ2v) is 5.59. The number of nitrogens with one attached hydrogen (secondary N) is 1. The van der Waals surface area contributed by atoms with Gasteiger partial charge in [0.05, 0.1) is 20.8 Å². The highest BCUT2D eigenvalue weighted by molar-refractivity contribution is 6.44. The number of hydrogen-bond donors (Lipinski definition) is 1. The Morgan fingerprint density at radius 1 is 0.909 bits per heavy atom. The Morgan fingerprint density at radius 3 is 2.32 bits per heavy atom. The highest BCUT2D eigenvalue weighted by Gasteiger charge is 2.07. The summed E-state index contributed by atoms with van der Waals surface area (Å²) in [4.78, 5) is 11.8. The Morgan fingerprint density at radius 2 is 1.59 bits per heavy atom. The molecule has 0 saturated heterocycles. The first-order chi connectivity index (χ1) is 10.6. The fraction of sp³-hybridized carbons (Fsp3) is 0. The third-order valence-electron chi connectivity index (χ3n) is 2.71. The van der Waals surface area contributed by atoms with Crippen LogP contribution in [0.25, 0.3) is 6.08 Å². The molecule has 0 bridgehead atoms. The summed E-state index contributed by atoms with van der Waals surface area (Å²) in [6.07, 6.45) is 6.73. The van der Waals surface area contributed by atoms with Crippen molar-refractivity contribution in [2.75, 3.05) is 5.32 Å². The third kappa shape index (κ3) is 4.92. The first-order valence-corrected chi connectivity index (χ1v) is 7.55. The van der Waals surface area contributed by atoms with Gasteiger partial charge in [-0.2, -0.15) is 0 Å². The van der Waals surface area contributed by atoms with E-state index < -0.39 is 0 Å². The number of allylic oxidation sites excluding steroid dienone is 2. The molecule has 5 heteroatoms. The van der Waals surface area contributed by atoms with Crippen molar-refractivity contribution in [3.8, 4) is 0 Å². The molecule has 0 aliphatic heterocycles. The molecule has 0 aliphatic carbocycles. The summed E-state index contributed by atoms with van der Waals surface area (Å²) < 4.78 is 0. The maximum absolute atomic E-state index is 11.8. The third-order valence-corrected chi connectivity index (χ3v) is 3.75. The van der Waals surface area contributed by atoms with Crippen LogP contribution in [0, 0.1) is 0 Å². The van der Waals surface area contributed by atoms with Gasteiger partial charge in [0.15, 0.2) is 0 Å². The predicted octanol–water partition coefficient (Wildman–Crippen LogP) is 5.85. The van der Waals surface area contributed by atoms with Crippen LogP contribution < -0.4 is 5.32 Å². The highest BCUT2D eigenvalue weighted by atomic mass is 35.5. The van der Waals surface area contributed by atoms with E-state index in [2.05, 4.69) is 5.32 Å². The van der Waals surface area contributed by atoms with Gasteiger partial charge in [-0.05, 0) is 17.7 Å². The number of carbonyl (C=O) groups excluding carboxylic acids is 1. The summed E-state index contributed by atoms with van der Waals surface area (Å²) in [7, 11) is 0. The summed E-state index contributed by atoms with van der Waals surface area (Å²) in [5.74, 6) is -0.307. The molecule has 1 N–H and O–H groups in total. The molecule has 0 saturated carbocycles. The lowest BCUT2D eigenvalue weighted by atomic mass is 10.2. The van der Waals surface area contributed by atoms with Gasteiger partial charge in [-0.25, -0.2) is 0 Å². The van der Waals surface area contributed by atoms with E-state index in [1.807, 2.05) is 36.4 Å². The summed E-state index contributed by atoms with van der Waals surface area (Å²) in [5.41, 5.74) is 1.47. The quantitative estimate of drug-likeness (QED) is 0.417. The summed E-state index contributed by atoms with van der Waals surface area (Å²) in [6, 6.07) is 12.8. The Hall–Kier alpha value is -1.74. The average molecular weight is 353 g/mol. The Bertz CT molecular complexity index is 724. The highest BCUT2D eigenvalue weighted by Crippen LogP contribution is 2.32. The topological polar surface area (TPSA) is 29.1 Å². The van der Waals surface area contributed by atoms with Gasteiger partial charge in [0, 0.05) is 6.08 Å². The monoisotopic (exact) mass is 351 g/mol. The lowest BCUT2D eigenvalue weighted by Crippen LogP contribution is -2.08. The summed E-state index contributed by atoms with van der Waals surface area (Å²) >= 11 is 17.7. The van der Waals surface area contributed by atoms with E-state index in [1.165, 1.54) is 18.2 Å². The van der Waals surface area contributed by atoms with E-state index >= 15 is 0 Å². The van der Waals surface area contributed by atoms with Crippen LogP contribution in [0.3, 0.4) is 0 Å². The SMILES string of the molecule is O=C(C=CC=Cc1ccccc1)Nc1cc(Cl)c(Cl)cc1Cl. The van der Waals surface area contributed by atoms with E-state index in [0.29, 0.717) is 20.8 Å². The maximum atomic E-state index is 11.8. The minimum atomic E-state index is -0.307. The van der Waals surface area contributed by atoms with Gasteiger partial charge < -0.3 is 5.32 Å². The molecule has 2 aromatic rings.